The van der Waals surface area contributed by atoms with Crippen LogP contribution >= 0.6 is 11.8 Å². The van der Waals surface area contributed by atoms with E-state index >= 15 is 0 Å². The van der Waals surface area contributed by atoms with Crippen molar-refractivity contribution in [3.63, 3.8) is 0 Å². The molecule has 1 heterocycles. The Labute approximate surface area is 159 Å². The van der Waals surface area contributed by atoms with Crippen LogP contribution < -0.4 is 10.1 Å². The maximum absolute atomic E-state index is 11.6. The van der Waals surface area contributed by atoms with E-state index < -0.39 is 23.1 Å². The number of benzene rings is 1. The second-order valence-corrected chi connectivity index (χ2v) is 6.62. The van der Waals surface area contributed by atoms with Gasteiger partial charge in [0.2, 0.25) is 5.91 Å². The van der Waals surface area contributed by atoms with Crippen LogP contribution in [0.25, 0.3) is 0 Å². The van der Waals surface area contributed by atoms with Gasteiger partial charge in [-0.3, -0.25) is 14.4 Å². The second-order valence-electron chi connectivity index (χ2n) is 5.42. The Bertz CT molecular complexity index is 793. The minimum atomic E-state index is -1.05. The highest BCUT2D eigenvalue weighted by molar-refractivity contribution is 8.15. The van der Waals surface area contributed by atoms with Crippen molar-refractivity contribution in [1.82, 2.24) is 5.32 Å². The minimum Gasteiger partial charge on any atom is -0.493 e. The van der Waals surface area contributed by atoms with Crippen LogP contribution in [0, 0.1) is 0 Å². The first-order valence-electron chi connectivity index (χ1n) is 8.08. The Morgan fingerprint density at radius 3 is 2.85 bits per heavy atom. The molecule has 0 radical (unpaired) electrons. The van der Waals surface area contributed by atoms with Crippen LogP contribution in [0.5, 0.6) is 5.75 Å². The molecule has 0 aromatic heterocycles. The first-order chi connectivity index (χ1) is 12.9. The molecule has 1 unspecified atom stereocenters. The number of amides is 1. The molecule has 0 saturated carbocycles. The van der Waals surface area contributed by atoms with Gasteiger partial charge in [-0.25, -0.2) is 0 Å². The van der Waals surface area contributed by atoms with Gasteiger partial charge >= 0.3 is 11.9 Å². The van der Waals surface area contributed by atoms with E-state index in [1.165, 1.54) is 13.1 Å². The molecular formula is C17H19N3O6S. The number of amidine groups is 1. The molecule has 2 N–H and O–H groups in total. The number of carbonyl (C=O) groups is 3. The van der Waals surface area contributed by atoms with Crippen LogP contribution in [-0.2, 0) is 25.7 Å². The van der Waals surface area contributed by atoms with E-state index in [1.807, 2.05) is 6.92 Å². The van der Waals surface area contributed by atoms with Crippen molar-refractivity contribution in [2.45, 2.75) is 32.1 Å². The Morgan fingerprint density at radius 1 is 1.41 bits per heavy atom. The number of rotatable bonds is 8. The average molecular weight is 393 g/mol. The van der Waals surface area contributed by atoms with Crippen molar-refractivity contribution >= 4 is 41.0 Å². The largest absolute Gasteiger partial charge is 0.493 e. The number of nitrogens with one attached hydrogen (secondary N) is 1. The number of nitrogens with zero attached hydrogens (tertiary/aromatic N) is 2. The van der Waals surface area contributed by atoms with Gasteiger partial charge < -0.3 is 19.9 Å². The predicted molar refractivity (Wildman–Crippen MR) is 99.9 cm³/mol. The van der Waals surface area contributed by atoms with Crippen LogP contribution in [0.4, 0.5) is 0 Å². The smallest absolute Gasteiger partial charge is 0.305 e. The molecule has 0 aliphatic carbocycles. The maximum Gasteiger partial charge on any atom is 0.305 e. The quantitative estimate of drug-likeness (QED) is 0.390. The Kier molecular flexibility index (Phi) is 7.35. The summed E-state index contributed by atoms with van der Waals surface area (Å²) in [7, 11) is 0. The minimum absolute atomic E-state index is 0.0731. The van der Waals surface area contributed by atoms with Crippen LogP contribution in [0.15, 0.2) is 28.4 Å². The number of ether oxygens (including phenoxy) is 2. The summed E-state index contributed by atoms with van der Waals surface area (Å²) in [4.78, 5) is 33.4. The molecule has 9 nitrogen and oxygen atoms in total. The number of thioether (sulfide) groups is 1. The summed E-state index contributed by atoms with van der Waals surface area (Å²) in [6.07, 6.45) is 1.19. The number of carboxylic acids is 1. The van der Waals surface area contributed by atoms with Crippen molar-refractivity contribution in [1.29, 1.82) is 0 Å². The van der Waals surface area contributed by atoms with Gasteiger partial charge in [-0.15, -0.1) is 5.10 Å². The van der Waals surface area contributed by atoms with Gasteiger partial charge in [-0.2, -0.15) is 5.10 Å². The molecule has 144 valence electrons. The normalized spacial score (nSPS) is 17.9. The molecule has 0 spiro atoms. The van der Waals surface area contributed by atoms with Crippen LogP contribution in [0.3, 0.4) is 0 Å². The molecular weight excluding hydrogens is 374 g/mol. The summed E-state index contributed by atoms with van der Waals surface area (Å²) in [5.74, 6) is -1.24. The molecule has 1 aliphatic heterocycles. The van der Waals surface area contributed by atoms with Crippen molar-refractivity contribution in [2.75, 3.05) is 6.61 Å². The first-order valence-corrected chi connectivity index (χ1v) is 8.96. The summed E-state index contributed by atoms with van der Waals surface area (Å²) in [6.45, 7) is 3.73. The van der Waals surface area contributed by atoms with Crippen LogP contribution in [0.1, 0.15) is 31.4 Å². The zero-order valence-corrected chi connectivity index (χ0v) is 15.6. The Hall–Kier alpha value is -2.88. The third-order valence-electron chi connectivity index (χ3n) is 3.31. The SMILES string of the molecule is CCOc1ccc(C=NN=C2NC(=O)C(CC(=O)O)S2)cc1COC(C)=O. The van der Waals surface area contributed by atoms with Crippen LogP contribution in [-0.4, -0.2) is 46.2 Å². The fourth-order valence-electron chi connectivity index (χ4n) is 2.16. The zero-order valence-electron chi connectivity index (χ0n) is 14.8. The molecule has 10 heteroatoms. The predicted octanol–water partition coefficient (Wildman–Crippen LogP) is 1.54. The first kappa shape index (κ1) is 20.4. The van der Waals surface area contributed by atoms with Crippen molar-refractivity contribution in [3.8, 4) is 5.75 Å². The van der Waals surface area contributed by atoms with Crippen LogP contribution in [0.2, 0.25) is 0 Å². The van der Waals surface area contributed by atoms with Gasteiger partial charge in [0.1, 0.15) is 17.6 Å². The van der Waals surface area contributed by atoms with Gasteiger partial charge in [0.05, 0.1) is 19.2 Å². The summed E-state index contributed by atoms with van der Waals surface area (Å²) < 4.78 is 10.5. The van der Waals surface area contributed by atoms with Gasteiger partial charge in [0.25, 0.3) is 0 Å². The lowest BCUT2D eigenvalue weighted by atomic mass is 10.1. The van der Waals surface area contributed by atoms with E-state index in [9.17, 15) is 14.4 Å². The van der Waals surface area contributed by atoms with Crippen molar-refractivity contribution < 1.29 is 29.0 Å². The monoisotopic (exact) mass is 393 g/mol. The van der Waals surface area contributed by atoms with Gasteiger partial charge in [0.15, 0.2) is 5.17 Å². The fraction of sp³-hybridized carbons (Fsp3) is 0.353. The number of hydrogen-bond donors (Lipinski definition) is 2. The standard InChI is InChI=1S/C17H19N3O6S/c1-3-25-13-5-4-11(6-12(13)9-26-10(2)21)8-18-20-17-19-16(24)14(27-17)7-15(22)23/h4-6,8,14H,3,7,9H2,1-2H3,(H,22,23)(H,19,20,24). The maximum atomic E-state index is 11.6. The number of esters is 1. The summed E-state index contributed by atoms with van der Waals surface area (Å²) in [6, 6.07) is 5.26. The van der Waals surface area contributed by atoms with E-state index in [4.69, 9.17) is 14.6 Å². The van der Waals surface area contributed by atoms with E-state index in [0.29, 0.717) is 23.5 Å². The number of carbonyl (C=O) groups excluding carboxylic acids is 2. The van der Waals surface area contributed by atoms with E-state index in [1.54, 1.807) is 18.2 Å². The molecule has 1 atom stereocenters. The lowest BCUT2D eigenvalue weighted by molar-refractivity contribution is -0.142. The molecule has 2 rings (SSSR count). The van der Waals surface area contributed by atoms with E-state index in [-0.39, 0.29) is 18.2 Å². The number of carboxylic acid groups (broad SMARTS) is 1. The third-order valence-corrected chi connectivity index (χ3v) is 4.38. The Balaban J connectivity index is 2.07. The lowest BCUT2D eigenvalue weighted by Gasteiger charge is -2.10. The van der Waals surface area contributed by atoms with Gasteiger partial charge in [-0.05, 0) is 30.7 Å². The van der Waals surface area contributed by atoms with Gasteiger partial charge in [0, 0.05) is 12.5 Å². The molecule has 1 aromatic carbocycles. The highest BCUT2D eigenvalue weighted by Gasteiger charge is 2.32. The molecule has 1 aromatic rings. The molecule has 27 heavy (non-hydrogen) atoms. The second kappa shape index (κ2) is 9.72. The zero-order chi connectivity index (χ0) is 19.8. The summed E-state index contributed by atoms with van der Waals surface area (Å²) in [5, 5.41) is 18.6. The summed E-state index contributed by atoms with van der Waals surface area (Å²) in [5.41, 5.74) is 1.38. The molecule has 0 bridgehead atoms. The van der Waals surface area contributed by atoms with E-state index in [2.05, 4.69) is 15.5 Å². The fourth-order valence-corrected chi connectivity index (χ4v) is 3.08. The molecule has 1 amide bonds. The highest BCUT2D eigenvalue weighted by atomic mass is 32.2. The Morgan fingerprint density at radius 2 is 2.19 bits per heavy atom. The topological polar surface area (TPSA) is 127 Å². The van der Waals surface area contributed by atoms with Crippen molar-refractivity contribution in [3.05, 3.63) is 29.3 Å². The van der Waals surface area contributed by atoms with Gasteiger partial charge in [-0.1, -0.05) is 11.8 Å². The average Bonchev–Trinajstić information content (AvgIpc) is 2.93. The number of aliphatic carboxylic acids is 1. The van der Waals surface area contributed by atoms with Crippen molar-refractivity contribution in [2.24, 2.45) is 10.2 Å². The lowest BCUT2D eigenvalue weighted by Crippen LogP contribution is -2.26. The molecule has 1 saturated heterocycles. The molecule has 1 fully saturated rings. The molecule has 1 aliphatic rings. The summed E-state index contributed by atoms with van der Waals surface area (Å²) >= 11 is 1.02. The number of hydrogen-bond acceptors (Lipinski definition) is 8. The third kappa shape index (κ3) is 6.41. The van der Waals surface area contributed by atoms with E-state index in [0.717, 1.165) is 11.8 Å². The highest BCUT2D eigenvalue weighted by Crippen LogP contribution is 2.23.